The molecule has 1 aromatic carbocycles. The molecule has 2 N–H and O–H groups in total. The highest BCUT2D eigenvalue weighted by Gasteiger charge is 2.10. The first-order chi connectivity index (χ1) is 8.79. The fourth-order valence-corrected chi connectivity index (χ4v) is 1.86. The van der Waals surface area contributed by atoms with E-state index in [4.69, 9.17) is 10.2 Å². The van der Waals surface area contributed by atoms with Crippen molar-refractivity contribution in [3.05, 3.63) is 59.5 Å². The SMILES string of the molecule is NCc1ccc(C(=O)CCCc2ccccc2)o1. The highest BCUT2D eigenvalue weighted by atomic mass is 16.3. The molecule has 0 bridgehead atoms. The molecule has 0 aliphatic heterocycles. The first-order valence-corrected chi connectivity index (χ1v) is 6.15. The van der Waals surface area contributed by atoms with Crippen molar-refractivity contribution in [1.29, 1.82) is 0 Å². The topological polar surface area (TPSA) is 56.2 Å². The number of hydrogen-bond donors (Lipinski definition) is 1. The van der Waals surface area contributed by atoms with Gasteiger partial charge in [0.05, 0.1) is 6.54 Å². The minimum absolute atomic E-state index is 0.0469. The molecule has 0 amide bonds. The van der Waals surface area contributed by atoms with Gasteiger partial charge in [0.1, 0.15) is 5.76 Å². The van der Waals surface area contributed by atoms with Gasteiger partial charge < -0.3 is 10.2 Å². The van der Waals surface area contributed by atoms with Crippen LogP contribution in [0.5, 0.6) is 0 Å². The molecule has 2 rings (SSSR count). The van der Waals surface area contributed by atoms with Crippen molar-refractivity contribution in [2.24, 2.45) is 5.73 Å². The van der Waals surface area contributed by atoms with E-state index in [2.05, 4.69) is 12.1 Å². The number of ketones is 1. The third kappa shape index (κ3) is 3.31. The lowest BCUT2D eigenvalue weighted by atomic mass is 10.1. The number of Topliss-reactive ketones (excluding diaryl/α,β-unsaturated/α-hetero) is 1. The van der Waals surface area contributed by atoms with Gasteiger partial charge in [-0.2, -0.15) is 0 Å². The van der Waals surface area contributed by atoms with Crippen LogP contribution in [0, 0.1) is 0 Å². The lowest BCUT2D eigenvalue weighted by Gasteiger charge is -2.00. The van der Waals surface area contributed by atoms with Gasteiger partial charge in [-0.3, -0.25) is 4.79 Å². The largest absolute Gasteiger partial charge is 0.457 e. The highest BCUT2D eigenvalue weighted by Crippen LogP contribution is 2.12. The molecular formula is C15H17NO2. The Bertz CT molecular complexity index is 502. The fraction of sp³-hybridized carbons (Fsp3) is 0.267. The lowest BCUT2D eigenvalue weighted by Crippen LogP contribution is -1.99. The van der Waals surface area contributed by atoms with Crippen molar-refractivity contribution in [3.63, 3.8) is 0 Å². The van der Waals surface area contributed by atoms with Crippen LogP contribution in [-0.2, 0) is 13.0 Å². The average Bonchev–Trinajstić information content (AvgIpc) is 2.89. The van der Waals surface area contributed by atoms with Gasteiger partial charge in [0.2, 0.25) is 0 Å². The van der Waals surface area contributed by atoms with E-state index in [0.717, 1.165) is 12.8 Å². The van der Waals surface area contributed by atoms with Crippen LogP contribution in [0.15, 0.2) is 46.9 Å². The molecule has 0 saturated heterocycles. The molecular weight excluding hydrogens is 226 g/mol. The Morgan fingerprint density at radius 3 is 2.56 bits per heavy atom. The van der Waals surface area contributed by atoms with Crippen molar-refractivity contribution in [1.82, 2.24) is 0 Å². The first-order valence-electron chi connectivity index (χ1n) is 6.15. The van der Waals surface area contributed by atoms with Gasteiger partial charge in [0, 0.05) is 6.42 Å². The van der Waals surface area contributed by atoms with E-state index in [1.165, 1.54) is 5.56 Å². The maximum atomic E-state index is 11.8. The number of nitrogens with two attached hydrogens (primary N) is 1. The van der Waals surface area contributed by atoms with Crippen molar-refractivity contribution >= 4 is 5.78 Å². The lowest BCUT2D eigenvalue weighted by molar-refractivity contribution is 0.0951. The summed E-state index contributed by atoms with van der Waals surface area (Å²) in [5.41, 5.74) is 6.69. The van der Waals surface area contributed by atoms with Gasteiger partial charge in [-0.1, -0.05) is 30.3 Å². The summed E-state index contributed by atoms with van der Waals surface area (Å²) in [4.78, 5) is 11.8. The van der Waals surface area contributed by atoms with Crippen LogP contribution in [0.2, 0.25) is 0 Å². The molecule has 0 atom stereocenters. The van der Waals surface area contributed by atoms with Crippen LogP contribution in [0.4, 0.5) is 0 Å². The third-order valence-electron chi connectivity index (χ3n) is 2.85. The van der Waals surface area contributed by atoms with E-state index >= 15 is 0 Å². The van der Waals surface area contributed by atoms with Crippen LogP contribution in [-0.4, -0.2) is 5.78 Å². The molecule has 0 radical (unpaired) electrons. The number of hydrogen-bond acceptors (Lipinski definition) is 3. The summed E-state index contributed by atoms with van der Waals surface area (Å²) < 4.78 is 5.32. The van der Waals surface area contributed by atoms with Gasteiger partial charge >= 0.3 is 0 Å². The molecule has 94 valence electrons. The monoisotopic (exact) mass is 243 g/mol. The summed E-state index contributed by atoms with van der Waals surface area (Å²) in [7, 11) is 0. The van der Waals surface area contributed by atoms with E-state index in [1.807, 2.05) is 18.2 Å². The maximum Gasteiger partial charge on any atom is 0.198 e. The quantitative estimate of drug-likeness (QED) is 0.793. The average molecular weight is 243 g/mol. The van der Waals surface area contributed by atoms with E-state index < -0.39 is 0 Å². The second kappa shape index (κ2) is 6.17. The number of aryl methyl sites for hydroxylation is 1. The second-order valence-corrected chi connectivity index (χ2v) is 4.23. The molecule has 2 aromatic rings. The Hall–Kier alpha value is -1.87. The molecule has 0 aliphatic rings. The third-order valence-corrected chi connectivity index (χ3v) is 2.85. The normalized spacial score (nSPS) is 10.5. The molecule has 3 heteroatoms. The molecule has 0 unspecified atom stereocenters. The summed E-state index contributed by atoms with van der Waals surface area (Å²) >= 11 is 0. The zero-order valence-corrected chi connectivity index (χ0v) is 10.3. The Morgan fingerprint density at radius 2 is 1.89 bits per heavy atom. The summed E-state index contributed by atoms with van der Waals surface area (Å²) in [6.45, 7) is 0.331. The minimum Gasteiger partial charge on any atom is -0.457 e. The number of rotatable bonds is 6. The zero-order chi connectivity index (χ0) is 12.8. The van der Waals surface area contributed by atoms with E-state index in [0.29, 0.717) is 24.5 Å². The minimum atomic E-state index is 0.0469. The Morgan fingerprint density at radius 1 is 1.11 bits per heavy atom. The molecule has 0 aliphatic carbocycles. The van der Waals surface area contributed by atoms with Gasteiger partial charge in [-0.15, -0.1) is 0 Å². The van der Waals surface area contributed by atoms with Crippen molar-refractivity contribution in [3.8, 4) is 0 Å². The molecule has 1 aromatic heterocycles. The molecule has 18 heavy (non-hydrogen) atoms. The zero-order valence-electron chi connectivity index (χ0n) is 10.3. The Kier molecular flexibility index (Phi) is 4.31. The standard InChI is InChI=1S/C15H17NO2/c16-11-13-9-10-15(18-13)14(17)8-4-7-12-5-2-1-3-6-12/h1-3,5-6,9-10H,4,7-8,11,16H2. The van der Waals surface area contributed by atoms with Crippen LogP contribution >= 0.6 is 0 Å². The molecule has 0 spiro atoms. The van der Waals surface area contributed by atoms with Gasteiger partial charge in [-0.05, 0) is 30.5 Å². The van der Waals surface area contributed by atoms with Crippen LogP contribution in [0.25, 0.3) is 0 Å². The first kappa shape index (κ1) is 12.6. The van der Waals surface area contributed by atoms with Crippen molar-refractivity contribution < 1.29 is 9.21 Å². The fourth-order valence-electron chi connectivity index (χ4n) is 1.86. The second-order valence-electron chi connectivity index (χ2n) is 4.23. The summed E-state index contributed by atoms with van der Waals surface area (Å²) in [6.07, 6.45) is 2.25. The molecule has 1 heterocycles. The Labute approximate surface area is 107 Å². The van der Waals surface area contributed by atoms with Crippen LogP contribution in [0.3, 0.4) is 0 Å². The highest BCUT2D eigenvalue weighted by molar-refractivity contribution is 5.93. The number of carbonyl (C=O) groups excluding carboxylic acids is 1. The van der Waals surface area contributed by atoms with Crippen molar-refractivity contribution in [2.45, 2.75) is 25.8 Å². The molecule has 3 nitrogen and oxygen atoms in total. The van der Waals surface area contributed by atoms with Crippen LogP contribution < -0.4 is 5.73 Å². The van der Waals surface area contributed by atoms with E-state index in [-0.39, 0.29) is 5.78 Å². The predicted octanol–water partition coefficient (Wildman–Crippen LogP) is 2.94. The summed E-state index contributed by atoms with van der Waals surface area (Å²) in [5.74, 6) is 1.12. The van der Waals surface area contributed by atoms with Gasteiger partial charge in [0.15, 0.2) is 11.5 Å². The maximum absolute atomic E-state index is 11.8. The number of carbonyl (C=O) groups is 1. The predicted molar refractivity (Wildman–Crippen MR) is 70.3 cm³/mol. The van der Waals surface area contributed by atoms with Gasteiger partial charge in [0.25, 0.3) is 0 Å². The van der Waals surface area contributed by atoms with Crippen LogP contribution in [0.1, 0.15) is 34.7 Å². The van der Waals surface area contributed by atoms with E-state index in [9.17, 15) is 4.79 Å². The smallest absolute Gasteiger partial charge is 0.198 e. The Balaban J connectivity index is 1.81. The summed E-state index contributed by atoms with van der Waals surface area (Å²) in [5, 5.41) is 0. The number of furan rings is 1. The van der Waals surface area contributed by atoms with Gasteiger partial charge in [-0.25, -0.2) is 0 Å². The molecule has 0 saturated carbocycles. The summed E-state index contributed by atoms with van der Waals surface area (Å²) in [6, 6.07) is 13.6. The molecule has 0 fully saturated rings. The van der Waals surface area contributed by atoms with Crippen molar-refractivity contribution in [2.75, 3.05) is 0 Å². The number of benzene rings is 1. The van der Waals surface area contributed by atoms with E-state index in [1.54, 1.807) is 12.1 Å².